The fraction of sp³-hybridized carbons (Fsp3) is 0.593. The van der Waals surface area contributed by atoms with Crippen LogP contribution in [-0.2, 0) is 9.59 Å². The van der Waals surface area contributed by atoms with Crippen molar-refractivity contribution in [2.24, 2.45) is 0 Å². The number of hydrogen-bond donors (Lipinski definition) is 4. The minimum absolute atomic E-state index is 0.131. The third-order valence-electron chi connectivity index (χ3n) is 7.33. The van der Waals surface area contributed by atoms with Crippen LogP contribution < -0.4 is 25.4 Å². The van der Waals surface area contributed by atoms with Gasteiger partial charge in [0, 0.05) is 35.2 Å². The van der Waals surface area contributed by atoms with Crippen LogP contribution in [0.15, 0.2) is 24.3 Å². The van der Waals surface area contributed by atoms with Gasteiger partial charge < -0.3 is 30.5 Å². The Kier molecular flexibility index (Phi) is 7.29. The number of quaternary nitrogens is 1. The highest BCUT2D eigenvalue weighted by Gasteiger charge is 2.38. The number of hydrogen-bond acceptors (Lipinski definition) is 6. The molecule has 0 radical (unpaired) electrons. The number of pyridine rings is 1. The molecule has 194 valence electrons. The average molecular weight is 498 g/mol. The molecule has 2 aliphatic carbocycles. The lowest BCUT2D eigenvalue weighted by Crippen LogP contribution is -2.90. The third-order valence-corrected chi connectivity index (χ3v) is 7.33. The molecule has 3 fully saturated rings. The minimum Gasteiger partial charge on any atom is -0.497 e. The van der Waals surface area contributed by atoms with Crippen LogP contribution in [0.4, 0.5) is 0 Å². The number of methoxy groups -OCH3 is 1. The van der Waals surface area contributed by atoms with Gasteiger partial charge in [-0.25, -0.2) is 0 Å². The number of nitrogens with zero attached hydrogens (tertiary/aromatic N) is 1. The number of rotatable bonds is 11. The molecule has 9 nitrogen and oxygen atoms in total. The number of amides is 2. The lowest BCUT2D eigenvalue weighted by molar-refractivity contribution is -0.659. The molecule has 0 spiro atoms. The normalized spacial score (nSPS) is 23.2. The number of aliphatic hydroxyl groups is 1. The maximum absolute atomic E-state index is 13.1. The number of nitrogens with one attached hydrogen (secondary N) is 2. The molecular formula is C27H37N4O5+. The monoisotopic (exact) mass is 497 g/mol. The summed E-state index contributed by atoms with van der Waals surface area (Å²) in [5, 5.41) is 19.2. The van der Waals surface area contributed by atoms with Crippen molar-refractivity contribution in [1.29, 1.82) is 0 Å². The van der Waals surface area contributed by atoms with E-state index < -0.39 is 18.1 Å². The molecular weight excluding hydrogens is 460 g/mol. The molecule has 2 heterocycles. The second kappa shape index (κ2) is 10.6. The van der Waals surface area contributed by atoms with E-state index >= 15 is 0 Å². The lowest BCUT2D eigenvalue weighted by Gasteiger charge is -2.24. The van der Waals surface area contributed by atoms with Gasteiger partial charge in [0.2, 0.25) is 0 Å². The van der Waals surface area contributed by atoms with Gasteiger partial charge in [-0.2, -0.15) is 0 Å². The molecule has 1 aliphatic heterocycles. The third kappa shape index (κ3) is 5.73. The predicted molar refractivity (Wildman–Crippen MR) is 134 cm³/mol. The van der Waals surface area contributed by atoms with Gasteiger partial charge in [0.1, 0.15) is 18.0 Å². The summed E-state index contributed by atoms with van der Waals surface area (Å²) in [6.07, 6.45) is 4.64. The van der Waals surface area contributed by atoms with E-state index in [0.29, 0.717) is 25.3 Å². The first kappa shape index (κ1) is 24.8. The smallest absolute Gasteiger partial charge is 0.278 e. The zero-order chi connectivity index (χ0) is 25.2. The molecule has 2 saturated carbocycles. The first-order valence-electron chi connectivity index (χ1n) is 13.2. The van der Waals surface area contributed by atoms with Crippen molar-refractivity contribution in [3.63, 3.8) is 0 Å². The molecule has 0 bridgehead atoms. The topological polar surface area (TPSA) is 126 Å². The van der Waals surface area contributed by atoms with Crippen molar-refractivity contribution in [1.82, 2.24) is 15.6 Å². The van der Waals surface area contributed by atoms with Gasteiger partial charge in [-0.1, -0.05) is 13.3 Å². The quantitative estimate of drug-likeness (QED) is 0.369. The summed E-state index contributed by atoms with van der Waals surface area (Å²) in [5.41, 5.74) is 1.90. The summed E-state index contributed by atoms with van der Waals surface area (Å²) >= 11 is 0. The van der Waals surface area contributed by atoms with Gasteiger partial charge in [0.25, 0.3) is 11.8 Å². The number of ether oxygens (including phenoxy) is 2. The molecule has 2 unspecified atom stereocenters. The van der Waals surface area contributed by atoms with Crippen LogP contribution in [0, 0.1) is 0 Å². The molecule has 36 heavy (non-hydrogen) atoms. The highest BCUT2D eigenvalue weighted by molar-refractivity contribution is 5.87. The zero-order valence-electron chi connectivity index (χ0n) is 21.0. The zero-order valence-corrected chi connectivity index (χ0v) is 21.0. The Hall–Kier alpha value is -2.91. The molecule has 5 rings (SSSR count). The first-order chi connectivity index (χ1) is 17.4. The summed E-state index contributed by atoms with van der Waals surface area (Å²) in [6, 6.07) is 7.09. The first-order valence-corrected chi connectivity index (χ1v) is 13.2. The Labute approximate surface area is 211 Å². The van der Waals surface area contributed by atoms with E-state index in [2.05, 4.69) is 10.6 Å². The van der Waals surface area contributed by atoms with E-state index in [1.807, 2.05) is 36.5 Å². The van der Waals surface area contributed by atoms with Crippen LogP contribution in [0.1, 0.15) is 63.5 Å². The van der Waals surface area contributed by atoms with E-state index in [4.69, 9.17) is 14.5 Å². The number of fused-ring (bicyclic) bond motifs is 1. The Morgan fingerprint density at radius 1 is 1.22 bits per heavy atom. The number of aromatic nitrogens is 1. The summed E-state index contributed by atoms with van der Waals surface area (Å²) in [6.45, 7) is 2.63. The lowest BCUT2D eigenvalue weighted by atomic mass is 10.0. The Balaban J connectivity index is 1.23. The molecule has 5 N–H and O–H groups in total. The van der Waals surface area contributed by atoms with Gasteiger partial charge in [-0.15, -0.1) is 0 Å². The Bertz CT molecular complexity index is 1120. The highest BCUT2D eigenvalue weighted by atomic mass is 16.5. The molecule has 4 atom stereocenters. The van der Waals surface area contributed by atoms with Gasteiger partial charge in [0.05, 0.1) is 25.1 Å². The van der Waals surface area contributed by atoms with Gasteiger partial charge in [-0.3, -0.25) is 14.6 Å². The number of carbonyl (C=O) groups excluding carboxylic acids is 2. The maximum Gasteiger partial charge on any atom is 0.278 e. The Morgan fingerprint density at radius 2 is 2.03 bits per heavy atom. The summed E-state index contributed by atoms with van der Waals surface area (Å²) in [4.78, 5) is 30.2. The van der Waals surface area contributed by atoms with Crippen molar-refractivity contribution in [3.8, 4) is 11.5 Å². The number of carbonyl (C=O) groups is 2. The fourth-order valence-electron chi connectivity index (χ4n) is 4.90. The van der Waals surface area contributed by atoms with E-state index in [-0.39, 0.29) is 24.1 Å². The maximum atomic E-state index is 13.1. The summed E-state index contributed by atoms with van der Waals surface area (Å²) < 4.78 is 11.8. The van der Waals surface area contributed by atoms with E-state index in [9.17, 15) is 14.7 Å². The second-order valence-electron chi connectivity index (χ2n) is 10.4. The largest absolute Gasteiger partial charge is 0.497 e. The molecule has 1 saturated heterocycles. The van der Waals surface area contributed by atoms with Gasteiger partial charge in [-0.05, 0) is 44.2 Å². The predicted octanol–water partition coefficient (Wildman–Crippen LogP) is 1.13. The van der Waals surface area contributed by atoms with Crippen LogP contribution >= 0.6 is 0 Å². The summed E-state index contributed by atoms with van der Waals surface area (Å²) in [5.74, 6) is 1.46. The number of nitrogens with two attached hydrogens (primary N) is 1. The average Bonchev–Trinajstić information content (AvgIpc) is 3.82. The van der Waals surface area contributed by atoms with Crippen molar-refractivity contribution in [3.05, 3.63) is 30.0 Å². The van der Waals surface area contributed by atoms with Crippen LogP contribution in [0.3, 0.4) is 0 Å². The van der Waals surface area contributed by atoms with Crippen molar-refractivity contribution in [2.75, 3.05) is 13.7 Å². The van der Waals surface area contributed by atoms with Crippen LogP contribution in [-0.4, -0.2) is 65.9 Å². The van der Waals surface area contributed by atoms with Crippen molar-refractivity contribution < 1.29 is 29.5 Å². The molecule has 2 amide bonds. The van der Waals surface area contributed by atoms with E-state index in [1.54, 1.807) is 7.11 Å². The van der Waals surface area contributed by atoms with Crippen molar-refractivity contribution in [2.45, 2.75) is 88.1 Å². The van der Waals surface area contributed by atoms with Crippen LogP contribution in [0.25, 0.3) is 10.9 Å². The van der Waals surface area contributed by atoms with Gasteiger partial charge in [0.15, 0.2) is 18.2 Å². The van der Waals surface area contributed by atoms with Gasteiger partial charge >= 0.3 is 0 Å². The van der Waals surface area contributed by atoms with Crippen LogP contribution in [0.2, 0.25) is 0 Å². The van der Waals surface area contributed by atoms with Crippen LogP contribution in [0.5, 0.6) is 11.5 Å². The number of aliphatic hydroxyl groups excluding tert-OH is 1. The summed E-state index contributed by atoms with van der Waals surface area (Å²) in [7, 11) is 1.65. The fourth-order valence-corrected chi connectivity index (χ4v) is 4.90. The molecule has 1 aromatic heterocycles. The molecule has 3 aliphatic rings. The molecule has 2 aromatic rings. The molecule has 1 aromatic carbocycles. The number of benzene rings is 1. The SMILES string of the molecule is CCC[C@H](NC(=O)[C@@H]1CC(Oc2cc(C3CC3)nc3cc(OC)ccc23)C[NH2+]1)C(O)C(=O)NC1CC1. The van der Waals surface area contributed by atoms with E-state index in [0.717, 1.165) is 60.2 Å². The molecule has 9 heteroatoms. The van der Waals surface area contributed by atoms with E-state index in [1.165, 1.54) is 0 Å². The minimum atomic E-state index is -1.25. The standard InChI is InChI=1S/C27H36N4O5/c1-3-4-20(25(32)27(34)29-16-7-8-16)31-26(33)23-12-18(14-28-23)36-24-13-21(15-5-6-15)30-22-11-17(35-2)9-10-19(22)24/h9-11,13,15-16,18,20,23,25,28,32H,3-8,12,14H2,1-2H3,(H,29,34)(H,31,33)/p+1/t18?,20-,23-,25?/m0/s1. The Morgan fingerprint density at radius 3 is 2.72 bits per heavy atom. The highest BCUT2D eigenvalue weighted by Crippen LogP contribution is 2.42. The van der Waals surface area contributed by atoms with Crippen molar-refractivity contribution >= 4 is 22.7 Å². The second-order valence-corrected chi connectivity index (χ2v) is 10.4.